The number of halogens is 2. The molecule has 2 aliphatic rings. The number of piperidine rings is 1. The highest BCUT2D eigenvalue weighted by atomic mass is 19.3. The van der Waals surface area contributed by atoms with Crippen molar-refractivity contribution in [1.82, 2.24) is 15.2 Å². The first kappa shape index (κ1) is 50.3. The van der Waals surface area contributed by atoms with Crippen LogP contribution < -0.4 is 10.1 Å². The standard InChI is InChI=1S/C41H50N2O2.C6H9NO2.C2H4F2.C2H4O/c1-27(2)36-17-19-42-26-40(36)37-15-12-32(23-30(37)6)33-13-16-38-31(7)43(21-18-34(38)24-33)20-9-8-10-22-45-35-14-11-29(5)39(25-35)41(44)28(3)4;1-4-2-3-5(8)7-6(4)9;1-2(3)4;1-2-3/h11-17,19,23-28,31H,8-10,18,20-22H2,1-7H3;4H,2-3H2,1H3,(H,7,8,9);2H,1H3;2H,1H3. The van der Waals surface area contributed by atoms with Gasteiger partial charge in [0.25, 0.3) is 0 Å². The lowest BCUT2D eigenvalue weighted by Gasteiger charge is -2.35. The van der Waals surface area contributed by atoms with Gasteiger partial charge in [-0.25, -0.2) is 8.78 Å². The number of carbonyl (C=O) groups is 4. The third-order valence-corrected chi connectivity index (χ3v) is 11.0. The van der Waals surface area contributed by atoms with Crippen LogP contribution in [0.2, 0.25) is 0 Å². The molecule has 1 fully saturated rings. The van der Waals surface area contributed by atoms with E-state index in [1.54, 1.807) is 0 Å². The molecule has 4 aromatic rings. The number of imide groups is 1. The monoisotopic (exact) mass is 840 g/mol. The van der Waals surface area contributed by atoms with Gasteiger partial charge in [-0.1, -0.05) is 77.1 Å². The van der Waals surface area contributed by atoms with E-state index in [2.05, 4.69) is 85.4 Å². The molecule has 0 aliphatic carbocycles. The van der Waals surface area contributed by atoms with Gasteiger partial charge in [-0.3, -0.25) is 29.6 Å². The maximum atomic E-state index is 12.5. The van der Waals surface area contributed by atoms with Crippen LogP contribution in [-0.2, 0) is 20.8 Å². The molecule has 330 valence electrons. The molecule has 0 bridgehead atoms. The zero-order valence-corrected chi connectivity index (χ0v) is 37.9. The van der Waals surface area contributed by atoms with Crippen molar-refractivity contribution in [3.05, 3.63) is 106 Å². The summed E-state index contributed by atoms with van der Waals surface area (Å²) in [5.41, 5.74) is 12.5. The van der Waals surface area contributed by atoms with Gasteiger partial charge in [-0.05, 0) is 142 Å². The number of alkyl halides is 2. The van der Waals surface area contributed by atoms with E-state index in [-0.39, 0.29) is 29.4 Å². The maximum absolute atomic E-state index is 12.5. The fourth-order valence-electron chi connectivity index (χ4n) is 7.50. The molecular formula is C51H67F2N3O5. The molecule has 3 aromatic carbocycles. The number of pyridine rings is 1. The molecule has 0 radical (unpaired) electrons. The quantitative estimate of drug-likeness (QED) is 0.0655. The number of hydrogen-bond acceptors (Lipinski definition) is 7. The van der Waals surface area contributed by atoms with E-state index in [4.69, 9.17) is 9.53 Å². The first-order valence-electron chi connectivity index (χ1n) is 21.7. The molecule has 3 heterocycles. The number of Topliss-reactive ketones (excluding diaryl/α,β-unsaturated/α-hetero) is 1. The summed E-state index contributed by atoms with van der Waals surface area (Å²) in [5, 5.41) is 2.25. The van der Waals surface area contributed by atoms with Crippen molar-refractivity contribution in [2.45, 2.75) is 126 Å². The minimum atomic E-state index is -2.17. The summed E-state index contributed by atoms with van der Waals surface area (Å²) in [5.74, 6) is 1.16. The zero-order valence-electron chi connectivity index (χ0n) is 37.9. The number of carbonyl (C=O) groups excluding carboxylic acids is 4. The Labute approximate surface area is 362 Å². The van der Waals surface area contributed by atoms with Crippen LogP contribution in [0.3, 0.4) is 0 Å². The largest absolute Gasteiger partial charge is 0.494 e. The van der Waals surface area contributed by atoms with E-state index in [0.717, 1.165) is 68.9 Å². The number of aromatic nitrogens is 1. The number of nitrogens with one attached hydrogen (secondary N) is 1. The van der Waals surface area contributed by atoms with Crippen LogP contribution in [0.1, 0.15) is 138 Å². The van der Waals surface area contributed by atoms with E-state index in [0.29, 0.717) is 31.4 Å². The fraction of sp³-hybridized carbons (Fsp3) is 0.471. The number of hydrogen-bond donors (Lipinski definition) is 1. The smallest absolute Gasteiger partial charge is 0.235 e. The molecule has 0 spiro atoms. The summed E-state index contributed by atoms with van der Waals surface area (Å²) in [6, 6.07) is 22.4. The van der Waals surface area contributed by atoms with Crippen LogP contribution in [0.5, 0.6) is 5.75 Å². The molecule has 1 aromatic heterocycles. The second-order valence-corrected chi connectivity index (χ2v) is 16.5. The summed E-state index contributed by atoms with van der Waals surface area (Å²) in [7, 11) is 0. The van der Waals surface area contributed by atoms with Crippen molar-refractivity contribution >= 4 is 23.9 Å². The molecule has 8 nitrogen and oxygen atoms in total. The van der Waals surface area contributed by atoms with Crippen molar-refractivity contribution in [2.24, 2.45) is 11.8 Å². The minimum Gasteiger partial charge on any atom is -0.494 e. The van der Waals surface area contributed by atoms with Crippen LogP contribution in [0, 0.1) is 25.7 Å². The van der Waals surface area contributed by atoms with Gasteiger partial charge in [0.2, 0.25) is 18.2 Å². The topological polar surface area (TPSA) is 106 Å². The SMILES string of the molecule is CC(F)F.CC1CCC(=O)NC1=O.CC=O.Cc1ccc(OCCCCCN2CCc3cc(-c4ccc(-c5cnccc5C(C)C)c(C)c4)ccc3C2C)cc1C(=O)C(C)C. The number of aldehydes is 1. The number of aryl methyl sites for hydroxylation is 2. The Morgan fingerprint density at radius 1 is 0.885 bits per heavy atom. The molecule has 10 heteroatoms. The van der Waals surface area contributed by atoms with Crippen LogP contribution in [0.25, 0.3) is 22.3 Å². The number of unbranched alkanes of at least 4 members (excludes halogenated alkanes) is 2. The van der Waals surface area contributed by atoms with Gasteiger partial charge in [-0.2, -0.15) is 0 Å². The number of amides is 2. The Morgan fingerprint density at radius 2 is 1.56 bits per heavy atom. The summed E-state index contributed by atoms with van der Waals surface area (Å²) in [4.78, 5) is 49.5. The molecular weight excluding hydrogens is 773 g/mol. The first-order valence-corrected chi connectivity index (χ1v) is 21.7. The Bertz CT molecular complexity index is 2060. The molecule has 2 unspecified atom stereocenters. The predicted molar refractivity (Wildman–Crippen MR) is 242 cm³/mol. The van der Waals surface area contributed by atoms with Gasteiger partial charge < -0.3 is 9.53 Å². The fourth-order valence-corrected chi connectivity index (χ4v) is 7.50. The normalized spacial score (nSPS) is 16.0. The van der Waals surface area contributed by atoms with Crippen molar-refractivity contribution < 1.29 is 32.7 Å². The van der Waals surface area contributed by atoms with Crippen molar-refractivity contribution in [1.29, 1.82) is 0 Å². The first-order chi connectivity index (χ1) is 29.0. The minimum absolute atomic E-state index is 0.0107. The Hall–Kier alpha value is -5.09. The van der Waals surface area contributed by atoms with Gasteiger partial charge in [0.15, 0.2) is 5.78 Å². The summed E-state index contributed by atoms with van der Waals surface area (Å²) in [6.45, 7) is 21.9. The maximum Gasteiger partial charge on any atom is 0.235 e. The van der Waals surface area contributed by atoms with Gasteiger partial charge >= 0.3 is 0 Å². The van der Waals surface area contributed by atoms with Crippen LogP contribution in [0.15, 0.2) is 73.1 Å². The van der Waals surface area contributed by atoms with Crippen LogP contribution >= 0.6 is 0 Å². The van der Waals surface area contributed by atoms with Crippen LogP contribution in [0.4, 0.5) is 8.78 Å². The Morgan fingerprint density at radius 3 is 2.18 bits per heavy atom. The van der Waals surface area contributed by atoms with Gasteiger partial charge in [0.1, 0.15) is 12.0 Å². The number of ketones is 1. The highest BCUT2D eigenvalue weighted by Gasteiger charge is 2.24. The Kier molecular flexibility index (Phi) is 20.6. The van der Waals surface area contributed by atoms with Gasteiger partial charge in [-0.15, -0.1) is 0 Å². The number of benzene rings is 3. The molecule has 1 N–H and O–H groups in total. The van der Waals surface area contributed by atoms with E-state index in [1.807, 2.05) is 58.3 Å². The second-order valence-electron chi connectivity index (χ2n) is 16.5. The van der Waals surface area contributed by atoms with Gasteiger partial charge in [0, 0.05) is 54.4 Å². The second kappa shape index (κ2) is 25.0. The number of ether oxygens (including phenoxy) is 1. The summed E-state index contributed by atoms with van der Waals surface area (Å²) >= 11 is 0. The highest BCUT2D eigenvalue weighted by Crippen LogP contribution is 2.36. The summed E-state index contributed by atoms with van der Waals surface area (Å²) < 4.78 is 26.7. The van der Waals surface area contributed by atoms with E-state index in [1.165, 1.54) is 51.4 Å². The number of nitrogens with zero attached hydrogens (tertiary/aromatic N) is 2. The molecule has 2 amide bonds. The molecule has 2 aliphatic heterocycles. The van der Waals surface area contributed by atoms with Crippen molar-refractivity contribution in [3.63, 3.8) is 0 Å². The number of fused-ring (bicyclic) bond motifs is 1. The van der Waals surface area contributed by atoms with E-state index >= 15 is 0 Å². The average Bonchev–Trinajstić information content (AvgIpc) is 3.22. The highest BCUT2D eigenvalue weighted by molar-refractivity contribution is 5.99. The number of rotatable bonds is 12. The summed E-state index contributed by atoms with van der Waals surface area (Å²) in [6.07, 6.45) is 8.08. The van der Waals surface area contributed by atoms with Crippen molar-refractivity contribution in [3.8, 4) is 28.0 Å². The van der Waals surface area contributed by atoms with Crippen molar-refractivity contribution in [2.75, 3.05) is 19.7 Å². The Balaban J connectivity index is 0.000000523. The lowest BCUT2D eigenvalue weighted by molar-refractivity contribution is -0.135. The molecule has 61 heavy (non-hydrogen) atoms. The lowest BCUT2D eigenvalue weighted by Crippen LogP contribution is -2.39. The zero-order chi connectivity index (χ0) is 45.2. The van der Waals surface area contributed by atoms with E-state index < -0.39 is 6.43 Å². The lowest BCUT2D eigenvalue weighted by atomic mass is 9.88. The third kappa shape index (κ3) is 15.4. The molecule has 6 rings (SSSR count). The average molecular weight is 840 g/mol. The molecule has 1 saturated heterocycles. The van der Waals surface area contributed by atoms with Crippen LogP contribution in [-0.4, -0.2) is 59.9 Å². The van der Waals surface area contributed by atoms with Gasteiger partial charge in [0.05, 0.1) is 6.61 Å². The molecule has 2 atom stereocenters. The predicted octanol–water partition coefficient (Wildman–Crippen LogP) is 11.7. The molecule has 0 saturated carbocycles. The third-order valence-electron chi connectivity index (χ3n) is 11.0. The van der Waals surface area contributed by atoms with E-state index in [9.17, 15) is 23.2 Å².